The highest BCUT2D eigenvalue weighted by atomic mass is 35.5. The molecule has 0 unspecified atom stereocenters. The maximum absolute atomic E-state index is 10.7. The lowest BCUT2D eigenvalue weighted by atomic mass is 9.83. The fraction of sp³-hybridized carbons (Fsp3) is 0.455. The summed E-state index contributed by atoms with van der Waals surface area (Å²) in [5, 5.41) is 41.7. The smallest absolute Gasteiger partial charge is 0.225 e. The molecule has 2 aromatic rings. The number of hydrogen-bond acceptors (Lipinski definition) is 7. The molecule has 0 aliphatic carbocycles. The highest BCUT2D eigenvalue weighted by molar-refractivity contribution is 6.31. The standard InChI is InChI=1S/C22H25ClO7/c1-2-28-16-6-3-13(4-7-16)9-14-10-15(5-8-17(14)23)22-20(27)18(25)19(26)21(11-24,30-22)12-29-22/h3-8,10,18-20,24-27H,2,9,11-12H2,1H3/t18-,19+,20-,21+,22+/m1/s1. The van der Waals surface area contributed by atoms with Crippen molar-refractivity contribution in [2.24, 2.45) is 0 Å². The van der Waals surface area contributed by atoms with Gasteiger partial charge in [-0.15, -0.1) is 0 Å². The van der Waals surface area contributed by atoms with Crippen molar-refractivity contribution >= 4 is 11.6 Å². The topological polar surface area (TPSA) is 109 Å². The van der Waals surface area contributed by atoms with Crippen molar-refractivity contribution in [3.8, 4) is 5.75 Å². The first kappa shape index (κ1) is 21.5. The van der Waals surface area contributed by atoms with Crippen LogP contribution < -0.4 is 4.74 Å². The monoisotopic (exact) mass is 436 g/mol. The summed E-state index contributed by atoms with van der Waals surface area (Å²) in [4.78, 5) is 0. The molecule has 4 rings (SSSR count). The van der Waals surface area contributed by atoms with Gasteiger partial charge in [0.1, 0.15) is 29.7 Å². The van der Waals surface area contributed by atoms with E-state index in [1.165, 1.54) is 0 Å². The summed E-state index contributed by atoms with van der Waals surface area (Å²) in [5.74, 6) is -0.925. The maximum atomic E-state index is 10.7. The van der Waals surface area contributed by atoms with E-state index < -0.39 is 36.3 Å². The van der Waals surface area contributed by atoms with Crippen LogP contribution in [0.5, 0.6) is 5.75 Å². The summed E-state index contributed by atoms with van der Waals surface area (Å²) in [5.41, 5.74) is 0.719. The molecule has 7 nitrogen and oxygen atoms in total. The number of hydrogen-bond donors (Lipinski definition) is 4. The fourth-order valence-corrected chi connectivity index (χ4v) is 4.28. The summed E-state index contributed by atoms with van der Waals surface area (Å²) in [7, 11) is 0. The van der Waals surface area contributed by atoms with Crippen molar-refractivity contribution in [2.75, 3.05) is 19.8 Å². The molecule has 2 bridgehead atoms. The van der Waals surface area contributed by atoms with Crippen LogP contribution in [0, 0.1) is 0 Å². The number of fused-ring (bicyclic) bond motifs is 2. The van der Waals surface area contributed by atoms with Crippen LogP contribution in [0.25, 0.3) is 0 Å². The molecule has 2 saturated heterocycles. The zero-order chi connectivity index (χ0) is 21.5. The van der Waals surface area contributed by atoms with Gasteiger partial charge in [0, 0.05) is 10.6 Å². The molecule has 30 heavy (non-hydrogen) atoms. The summed E-state index contributed by atoms with van der Waals surface area (Å²) < 4.78 is 17.1. The van der Waals surface area contributed by atoms with Crippen LogP contribution in [0.1, 0.15) is 23.6 Å². The molecule has 8 heteroatoms. The zero-order valence-corrected chi connectivity index (χ0v) is 17.2. The van der Waals surface area contributed by atoms with E-state index in [2.05, 4.69) is 0 Å². The quantitative estimate of drug-likeness (QED) is 0.541. The van der Waals surface area contributed by atoms with Gasteiger partial charge in [-0.3, -0.25) is 0 Å². The molecule has 2 heterocycles. The van der Waals surface area contributed by atoms with Crippen molar-refractivity contribution < 1.29 is 34.6 Å². The van der Waals surface area contributed by atoms with Gasteiger partial charge in [0.05, 0.1) is 19.8 Å². The van der Waals surface area contributed by atoms with Gasteiger partial charge in [-0.2, -0.15) is 0 Å². The Bertz CT molecular complexity index is 905. The molecule has 0 spiro atoms. The third kappa shape index (κ3) is 3.40. The van der Waals surface area contributed by atoms with Crippen molar-refractivity contribution in [3.63, 3.8) is 0 Å². The summed E-state index contributed by atoms with van der Waals surface area (Å²) in [6.07, 6.45) is -4.06. The highest BCUT2D eigenvalue weighted by Gasteiger charge is 2.67. The van der Waals surface area contributed by atoms with Crippen LogP contribution in [0.15, 0.2) is 42.5 Å². The van der Waals surface area contributed by atoms with E-state index in [-0.39, 0.29) is 6.61 Å². The maximum Gasteiger partial charge on any atom is 0.225 e. The second-order valence-electron chi connectivity index (χ2n) is 7.72. The molecule has 0 saturated carbocycles. The van der Waals surface area contributed by atoms with Crippen LogP contribution in [0.4, 0.5) is 0 Å². The van der Waals surface area contributed by atoms with Gasteiger partial charge in [0.2, 0.25) is 5.79 Å². The summed E-state index contributed by atoms with van der Waals surface area (Å²) in [6, 6.07) is 12.7. The highest BCUT2D eigenvalue weighted by Crippen LogP contribution is 2.49. The average Bonchev–Trinajstić information content (AvgIpc) is 3.14. The molecular formula is C22H25ClO7. The third-order valence-corrected chi connectivity index (χ3v) is 6.17. The minimum atomic E-state index is -1.71. The molecular weight excluding hydrogens is 412 g/mol. The van der Waals surface area contributed by atoms with E-state index in [9.17, 15) is 20.4 Å². The SMILES string of the molecule is CCOc1ccc(Cc2cc([C@]34OC[C@](CO)(O3)[C@@H](O)[C@@H](O)[C@H]4O)ccc2Cl)cc1. The van der Waals surface area contributed by atoms with E-state index in [1.54, 1.807) is 18.2 Å². The number of rotatable bonds is 6. The lowest BCUT2D eigenvalue weighted by Crippen LogP contribution is -2.65. The number of aliphatic hydroxyl groups is 4. The lowest BCUT2D eigenvalue weighted by Gasteiger charge is -2.46. The first-order valence-corrected chi connectivity index (χ1v) is 10.2. The third-order valence-electron chi connectivity index (χ3n) is 5.81. The Balaban J connectivity index is 1.66. The second-order valence-corrected chi connectivity index (χ2v) is 8.13. The number of halogens is 1. The largest absolute Gasteiger partial charge is 0.494 e. The molecule has 162 valence electrons. The van der Waals surface area contributed by atoms with Gasteiger partial charge in [0.15, 0.2) is 0 Å². The second kappa shape index (κ2) is 8.09. The van der Waals surface area contributed by atoms with Crippen LogP contribution in [-0.4, -0.2) is 64.2 Å². The van der Waals surface area contributed by atoms with Crippen molar-refractivity contribution in [1.29, 1.82) is 0 Å². The van der Waals surface area contributed by atoms with Gasteiger partial charge in [-0.25, -0.2) is 0 Å². The normalized spacial score (nSPS) is 32.9. The number of ether oxygens (including phenoxy) is 3. The molecule has 0 radical (unpaired) electrons. The zero-order valence-electron chi connectivity index (χ0n) is 16.5. The Morgan fingerprint density at radius 1 is 1.10 bits per heavy atom. The molecule has 2 aliphatic rings. The number of aliphatic hydroxyl groups excluding tert-OH is 4. The Hall–Kier alpha value is -1.71. The van der Waals surface area contributed by atoms with Gasteiger partial charge < -0.3 is 34.6 Å². The Morgan fingerprint density at radius 3 is 2.50 bits per heavy atom. The Morgan fingerprint density at radius 2 is 1.83 bits per heavy atom. The van der Waals surface area contributed by atoms with Crippen LogP contribution >= 0.6 is 11.6 Å². The van der Waals surface area contributed by atoms with E-state index in [0.29, 0.717) is 23.6 Å². The first-order chi connectivity index (χ1) is 14.3. The van der Waals surface area contributed by atoms with Gasteiger partial charge >= 0.3 is 0 Å². The average molecular weight is 437 g/mol. The molecule has 0 amide bonds. The number of benzene rings is 2. The van der Waals surface area contributed by atoms with Crippen LogP contribution in [-0.2, 0) is 21.7 Å². The predicted molar refractivity (Wildman–Crippen MR) is 108 cm³/mol. The van der Waals surface area contributed by atoms with Crippen molar-refractivity contribution in [1.82, 2.24) is 0 Å². The summed E-state index contributed by atoms with van der Waals surface area (Å²) in [6.45, 7) is 1.78. The molecule has 0 aromatic heterocycles. The van der Waals surface area contributed by atoms with Gasteiger partial charge in [0.25, 0.3) is 0 Å². The van der Waals surface area contributed by atoms with Crippen molar-refractivity contribution in [2.45, 2.75) is 43.0 Å². The molecule has 2 aliphatic heterocycles. The van der Waals surface area contributed by atoms with Gasteiger partial charge in [-0.05, 0) is 48.7 Å². The molecule has 4 N–H and O–H groups in total. The lowest BCUT2D eigenvalue weighted by molar-refractivity contribution is -0.329. The minimum absolute atomic E-state index is 0.171. The Labute approximate surface area is 179 Å². The van der Waals surface area contributed by atoms with Crippen LogP contribution in [0.3, 0.4) is 0 Å². The van der Waals surface area contributed by atoms with Crippen LogP contribution in [0.2, 0.25) is 5.02 Å². The predicted octanol–water partition coefficient (Wildman–Crippen LogP) is 1.36. The molecule has 5 atom stereocenters. The van der Waals surface area contributed by atoms with E-state index in [0.717, 1.165) is 16.9 Å². The van der Waals surface area contributed by atoms with Crippen molar-refractivity contribution in [3.05, 3.63) is 64.2 Å². The van der Waals surface area contributed by atoms with E-state index in [4.69, 9.17) is 25.8 Å². The minimum Gasteiger partial charge on any atom is -0.494 e. The molecule has 2 fully saturated rings. The van der Waals surface area contributed by atoms with Gasteiger partial charge in [-0.1, -0.05) is 29.8 Å². The fourth-order valence-electron chi connectivity index (χ4n) is 4.09. The summed E-state index contributed by atoms with van der Waals surface area (Å²) >= 11 is 6.41. The van der Waals surface area contributed by atoms with E-state index in [1.807, 2.05) is 31.2 Å². The van der Waals surface area contributed by atoms with E-state index >= 15 is 0 Å². The molecule has 2 aromatic carbocycles. The first-order valence-electron chi connectivity index (χ1n) is 9.85. The Kier molecular flexibility index (Phi) is 5.80.